The Hall–Kier alpha value is -1.47. The van der Waals surface area contributed by atoms with Crippen molar-refractivity contribution in [2.24, 2.45) is 0 Å². The lowest BCUT2D eigenvalue weighted by Crippen LogP contribution is -1.88. The third kappa shape index (κ3) is 2.51. The van der Waals surface area contributed by atoms with E-state index in [0.717, 1.165) is 5.69 Å². The second-order valence-corrected chi connectivity index (χ2v) is 3.44. The highest BCUT2D eigenvalue weighted by Crippen LogP contribution is 2.24. The number of benzene rings is 2. The quantitative estimate of drug-likeness (QED) is 0.728. The molecule has 0 radical (unpaired) electrons. The Labute approximate surface area is 96.3 Å². The first-order chi connectivity index (χ1) is 6.77. The Morgan fingerprint density at radius 3 is 2.27 bits per heavy atom. The van der Waals surface area contributed by atoms with Crippen LogP contribution >= 0.6 is 12.4 Å². The molecule has 0 fully saturated rings. The van der Waals surface area contributed by atoms with Gasteiger partial charge in [-0.05, 0) is 35.7 Å². The molecule has 0 aliphatic carbocycles. The molecule has 0 heterocycles. The van der Waals surface area contributed by atoms with Crippen molar-refractivity contribution in [3.05, 3.63) is 54.1 Å². The first-order valence-corrected chi connectivity index (χ1v) is 4.69. The zero-order chi connectivity index (χ0) is 9.97. The van der Waals surface area contributed by atoms with Crippen LogP contribution in [0.1, 0.15) is 5.56 Å². The summed E-state index contributed by atoms with van der Waals surface area (Å²) < 4.78 is 0. The highest BCUT2D eigenvalue weighted by Gasteiger charge is 2.00. The van der Waals surface area contributed by atoms with E-state index in [1.807, 2.05) is 30.3 Å². The summed E-state index contributed by atoms with van der Waals surface area (Å²) in [4.78, 5) is 0. The molecule has 2 aromatic carbocycles. The van der Waals surface area contributed by atoms with E-state index in [2.05, 4.69) is 25.1 Å². The Morgan fingerprint density at radius 1 is 0.933 bits per heavy atom. The third-order valence-electron chi connectivity index (χ3n) is 2.35. The van der Waals surface area contributed by atoms with E-state index in [0.29, 0.717) is 0 Å². The van der Waals surface area contributed by atoms with Crippen molar-refractivity contribution in [2.75, 3.05) is 5.73 Å². The molecule has 0 unspecified atom stereocenters. The molecular formula is C13H14ClN. The second-order valence-electron chi connectivity index (χ2n) is 3.44. The fourth-order valence-electron chi connectivity index (χ4n) is 1.57. The molecule has 0 spiro atoms. The topological polar surface area (TPSA) is 26.0 Å². The largest absolute Gasteiger partial charge is 0.399 e. The summed E-state index contributed by atoms with van der Waals surface area (Å²) in [6.45, 7) is 2.10. The average Bonchev–Trinajstić information content (AvgIpc) is 2.23. The molecule has 0 amide bonds. The summed E-state index contributed by atoms with van der Waals surface area (Å²) in [5, 5.41) is 0. The molecule has 2 heteroatoms. The Bertz CT molecular complexity index is 438. The van der Waals surface area contributed by atoms with Crippen LogP contribution in [-0.2, 0) is 0 Å². The first-order valence-electron chi connectivity index (χ1n) is 4.69. The standard InChI is InChI=1S/C13H13N.ClH/c1-10-7-8-12(14)9-13(10)11-5-3-2-4-6-11;/h2-9H,14H2,1H3;1H. The van der Waals surface area contributed by atoms with E-state index < -0.39 is 0 Å². The van der Waals surface area contributed by atoms with Gasteiger partial charge in [0.05, 0.1) is 0 Å². The van der Waals surface area contributed by atoms with E-state index in [9.17, 15) is 0 Å². The Balaban J connectivity index is 0.00000112. The van der Waals surface area contributed by atoms with Gasteiger partial charge in [0.15, 0.2) is 0 Å². The summed E-state index contributed by atoms with van der Waals surface area (Å²) in [6.07, 6.45) is 0. The lowest BCUT2D eigenvalue weighted by Gasteiger charge is -2.06. The monoisotopic (exact) mass is 219 g/mol. The van der Waals surface area contributed by atoms with Crippen LogP contribution in [0.5, 0.6) is 0 Å². The SMILES string of the molecule is Cc1ccc(N)cc1-c1ccccc1.Cl. The van der Waals surface area contributed by atoms with Crippen molar-refractivity contribution in [3.63, 3.8) is 0 Å². The molecule has 0 aromatic heterocycles. The number of hydrogen-bond donors (Lipinski definition) is 1. The Kier molecular flexibility index (Phi) is 3.75. The molecule has 0 aliphatic rings. The van der Waals surface area contributed by atoms with Crippen molar-refractivity contribution in [3.8, 4) is 11.1 Å². The average molecular weight is 220 g/mol. The molecule has 1 nitrogen and oxygen atoms in total. The number of halogens is 1. The van der Waals surface area contributed by atoms with Gasteiger partial charge in [0.1, 0.15) is 0 Å². The van der Waals surface area contributed by atoms with Gasteiger partial charge < -0.3 is 5.73 Å². The molecule has 2 N–H and O–H groups in total. The molecule has 0 atom stereocenters. The van der Waals surface area contributed by atoms with Gasteiger partial charge in [0, 0.05) is 5.69 Å². The zero-order valence-electron chi connectivity index (χ0n) is 8.60. The van der Waals surface area contributed by atoms with Gasteiger partial charge in [0.2, 0.25) is 0 Å². The molecule has 15 heavy (non-hydrogen) atoms. The van der Waals surface area contributed by atoms with Crippen molar-refractivity contribution >= 4 is 18.1 Å². The van der Waals surface area contributed by atoms with Crippen LogP contribution < -0.4 is 5.73 Å². The number of hydrogen-bond acceptors (Lipinski definition) is 1. The predicted octanol–water partition coefficient (Wildman–Crippen LogP) is 3.67. The van der Waals surface area contributed by atoms with Crippen LogP contribution in [0.4, 0.5) is 5.69 Å². The molecule has 0 bridgehead atoms. The van der Waals surface area contributed by atoms with Crippen LogP contribution in [0.3, 0.4) is 0 Å². The van der Waals surface area contributed by atoms with Crippen molar-refractivity contribution in [1.82, 2.24) is 0 Å². The fraction of sp³-hybridized carbons (Fsp3) is 0.0769. The first kappa shape index (κ1) is 11.6. The van der Waals surface area contributed by atoms with Gasteiger partial charge in [-0.15, -0.1) is 12.4 Å². The number of nitrogen functional groups attached to an aromatic ring is 1. The molecule has 2 rings (SSSR count). The third-order valence-corrected chi connectivity index (χ3v) is 2.35. The number of aryl methyl sites for hydroxylation is 1. The van der Waals surface area contributed by atoms with E-state index in [4.69, 9.17) is 5.73 Å². The Morgan fingerprint density at radius 2 is 1.60 bits per heavy atom. The van der Waals surface area contributed by atoms with Crippen LogP contribution in [0.15, 0.2) is 48.5 Å². The fourth-order valence-corrected chi connectivity index (χ4v) is 1.57. The molecule has 0 saturated carbocycles. The minimum atomic E-state index is 0. The van der Waals surface area contributed by atoms with Gasteiger partial charge >= 0.3 is 0 Å². The van der Waals surface area contributed by atoms with Gasteiger partial charge in [-0.3, -0.25) is 0 Å². The molecule has 0 saturated heterocycles. The molecule has 78 valence electrons. The summed E-state index contributed by atoms with van der Waals surface area (Å²) in [5.74, 6) is 0. The van der Waals surface area contributed by atoms with Crippen LogP contribution in [-0.4, -0.2) is 0 Å². The van der Waals surface area contributed by atoms with E-state index >= 15 is 0 Å². The highest BCUT2D eigenvalue weighted by molar-refractivity contribution is 5.85. The predicted molar refractivity (Wildman–Crippen MR) is 68.3 cm³/mol. The summed E-state index contributed by atoms with van der Waals surface area (Å²) in [6, 6.07) is 16.3. The lowest BCUT2D eigenvalue weighted by molar-refractivity contribution is 1.46. The lowest BCUT2D eigenvalue weighted by atomic mass is 10.0. The van der Waals surface area contributed by atoms with E-state index in [1.165, 1.54) is 16.7 Å². The zero-order valence-corrected chi connectivity index (χ0v) is 9.42. The van der Waals surface area contributed by atoms with Crippen LogP contribution in [0.2, 0.25) is 0 Å². The molecule has 2 aromatic rings. The van der Waals surface area contributed by atoms with Gasteiger partial charge in [0.25, 0.3) is 0 Å². The number of rotatable bonds is 1. The normalized spacial score (nSPS) is 9.40. The van der Waals surface area contributed by atoms with E-state index in [1.54, 1.807) is 0 Å². The summed E-state index contributed by atoms with van der Waals surface area (Å²) in [5.41, 5.74) is 10.3. The number of anilines is 1. The number of nitrogens with two attached hydrogens (primary N) is 1. The summed E-state index contributed by atoms with van der Waals surface area (Å²) >= 11 is 0. The van der Waals surface area contributed by atoms with Crippen LogP contribution in [0, 0.1) is 6.92 Å². The molecule has 0 aliphatic heterocycles. The smallest absolute Gasteiger partial charge is 0.0320 e. The van der Waals surface area contributed by atoms with Gasteiger partial charge in [-0.25, -0.2) is 0 Å². The van der Waals surface area contributed by atoms with Gasteiger partial charge in [-0.2, -0.15) is 0 Å². The van der Waals surface area contributed by atoms with E-state index in [-0.39, 0.29) is 12.4 Å². The van der Waals surface area contributed by atoms with Crippen LogP contribution in [0.25, 0.3) is 11.1 Å². The van der Waals surface area contributed by atoms with Crippen molar-refractivity contribution < 1.29 is 0 Å². The maximum atomic E-state index is 5.76. The van der Waals surface area contributed by atoms with Gasteiger partial charge in [-0.1, -0.05) is 36.4 Å². The highest BCUT2D eigenvalue weighted by atomic mass is 35.5. The summed E-state index contributed by atoms with van der Waals surface area (Å²) in [7, 11) is 0. The maximum Gasteiger partial charge on any atom is 0.0320 e. The minimum Gasteiger partial charge on any atom is -0.399 e. The molecular weight excluding hydrogens is 206 g/mol. The maximum absolute atomic E-state index is 5.76. The minimum absolute atomic E-state index is 0. The van der Waals surface area contributed by atoms with Crippen molar-refractivity contribution in [1.29, 1.82) is 0 Å². The second kappa shape index (κ2) is 4.85. The van der Waals surface area contributed by atoms with Crippen molar-refractivity contribution in [2.45, 2.75) is 6.92 Å².